The van der Waals surface area contributed by atoms with E-state index in [4.69, 9.17) is 13.8 Å². The number of amides is 1. The predicted octanol–water partition coefficient (Wildman–Crippen LogP) is 12.8. The minimum absolute atomic E-state index is 0.110. The van der Waals surface area contributed by atoms with E-state index in [-0.39, 0.29) is 12.8 Å². The zero-order valence-electron chi connectivity index (χ0n) is 38.0. The SMILES string of the molecule is CC/C=C\C/C=C\C/C=C\CCCCCC(=O)NC(COP(=O)(O)OCC(O)COC(=O)CCCCCCCCCCCCCCCCCCCCCCCCC)C(=O)O. The Bertz CT molecular complexity index is 1160. The van der Waals surface area contributed by atoms with E-state index in [2.05, 4.69) is 55.6 Å². The van der Waals surface area contributed by atoms with E-state index in [9.17, 15) is 34.1 Å². The molecule has 4 N–H and O–H groups in total. The molecule has 11 nitrogen and oxygen atoms in total. The Balaban J connectivity index is 3.79. The summed E-state index contributed by atoms with van der Waals surface area (Å²) in [7, 11) is -4.76. The molecule has 0 aromatic carbocycles. The molecule has 0 rings (SSSR count). The van der Waals surface area contributed by atoms with Gasteiger partial charge in [0.25, 0.3) is 0 Å². The second-order valence-corrected chi connectivity index (χ2v) is 17.7. The van der Waals surface area contributed by atoms with Crippen LogP contribution in [0.3, 0.4) is 0 Å². The van der Waals surface area contributed by atoms with Crippen LogP contribution in [0.4, 0.5) is 0 Å². The van der Waals surface area contributed by atoms with E-state index in [1.165, 1.54) is 122 Å². The molecule has 0 saturated carbocycles. The average Bonchev–Trinajstić information content (AvgIpc) is 3.22. The van der Waals surface area contributed by atoms with Crippen molar-refractivity contribution in [2.24, 2.45) is 0 Å². The highest BCUT2D eigenvalue weighted by atomic mass is 31.2. The number of rotatable bonds is 45. The summed E-state index contributed by atoms with van der Waals surface area (Å²) in [6.07, 6.45) is 47.6. The highest BCUT2D eigenvalue weighted by Crippen LogP contribution is 2.43. The number of aliphatic hydroxyl groups is 1. The number of aliphatic hydroxyl groups excluding tert-OH is 1. The Kier molecular flexibility index (Phi) is 41.7. The van der Waals surface area contributed by atoms with Crippen molar-refractivity contribution >= 4 is 25.7 Å². The minimum atomic E-state index is -4.76. The predicted molar refractivity (Wildman–Crippen MR) is 245 cm³/mol. The van der Waals surface area contributed by atoms with Gasteiger partial charge in [0.15, 0.2) is 6.04 Å². The van der Waals surface area contributed by atoms with Gasteiger partial charge in [-0.1, -0.05) is 198 Å². The van der Waals surface area contributed by atoms with Gasteiger partial charge >= 0.3 is 19.8 Å². The van der Waals surface area contributed by atoms with Crippen molar-refractivity contribution in [3.8, 4) is 0 Å². The van der Waals surface area contributed by atoms with Crippen LogP contribution in [0.15, 0.2) is 36.5 Å². The van der Waals surface area contributed by atoms with Crippen molar-refractivity contribution in [2.45, 2.75) is 231 Å². The molecule has 0 aromatic rings. The number of allylic oxidation sites excluding steroid dienone is 6. The largest absolute Gasteiger partial charge is 0.480 e. The zero-order valence-corrected chi connectivity index (χ0v) is 38.9. The molecule has 350 valence electrons. The molecule has 3 unspecified atom stereocenters. The molecule has 60 heavy (non-hydrogen) atoms. The fourth-order valence-corrected chi connectivity index (χ4v) is 7.52. The highest BCUT2D eigenvalue weighted by molar-refractivity contribution is 7.47. The average molecular weight is 870 g/mol. The van der Waals surface area contributed by atoms with Gasteiger partial charge in [0.1, 0.15) is 12.7 Å². The zero-order chi connectivity index (χ0) is 44.2. The smallest absolute Gasteiger partial charge is 0.472 e. The summed E-state index contributed by atoms with van der Waals surface area (Å²) in [5.74, 6) is -2.41. The summed E-state index contributed by atoms with van der Waals surface area (Å²) < 4.78 is 26.9. The lowest BCUT2D eigenvalue weighted by molar-refractivity contribution is -0.147. The number of esters is 1. The van der Waals surface area contributed by atoms with Crippen LogP contribution >= 0.6 is 7.82 Å². The normalized spacial score (nSPS) is 13.9. The van der Waals surface area contributed by atoms with E-state index in [0.717, 1.165) is 57.8 Å². The highest BCUT2D eigenvalue weighted by Gasteiger charge is 2.28. The van der Waals surface area contributed by atoms with E-state index >= 15 is 0 Å². The first-order valence-electron chi connectivity index (χ1n) is 24.0. The molecule has 3 atom stereocenters. The molecular weight excluding hydrogens is 781 g/mol. The number of phosphoric ester groups is 1. The summed E-state index contributed by atoms with van der Waals surface area (Å²) in [6, 6.07) is -1.56. The van der Waals surface area contributed by atoms with Crippen molar-refractivity contribution in [1.29, 1.82) is 0 Å². The Morgan fingerprint density at radius 3 is 1.45 bits per heavy atom. The first-order valence-corrected chi connectivity index (χ1v) is 25.5. The fourth-order valence-electron chi connectivity index (χ4n) is 6.74. The molecule has 0 aromatic heterocycles. The Morgan fingerprint density at radius 2 is 0.967 bits per heavy atom. The van der Waals surface area contributed by atoms with Gasteiger partial charge in [-0.2, -0.15) is 0 Å². The maximum atomic E-state index is 12.3. The number of phosphoric acid groups is 1. The van der Waals surface area contributed by atoms with E-state index in [1.807, 2.05) is 0 Å². The Labute approximate surface area is 365 Å². The number of hydrogen-bond acceptors (Lipinski definition) is 8. The summed E-state index contributed by atoms with van der Waals surface area (Å²) in [5, 5.41) is 21.8. The Hall–Kier alpha value is -2.30. The maximum Gasteiger partial charge on any atom is 0.472 e. The number of carboxylic acid groups (broad SMARTS) is 1. The Morgan fingerprint density at radius 1 is 0.550 bits per heavy atom. The molecule has 0 heterocycles. The first-order chi connectivity index (χ1) is 29.1. The molecule has 0 spiro atoms. The molecule has 0 aliphatic carbocycles. The fraction of sp³-hybridized carbons (Fsp3) is 0.812. The lowest BCUT2D eigenvalue weighted by Gasteiger charge is -2.18. The quantitative estimate of drug-likeness (QED) is 0.0200. The van der Waals surface area contributed by atoms with E-state index in [1.54, 1.807) is 0 Å². The van der Waals surface area contributed by atoms with Crippen LogP contribution in [-0.2, 0) is 32.7 Å². The second-order valence-electron chi connectivity index (χ2n) is 16.3. The monoisotopic (exact) mass is 870 g/mol. The van der Waals surface area contributed by atoms with Crippen molar-refractivity contribution < 1.29 is 47.8 Å². The lowest BCUT2D eigenvalue weighted by Crippen LogP contribution is -2.43. The molecule has 0 aliphatic heterocycles. The molecule has 0 bridgehead atoms. The number of aliphatic carboxylic acids is 1. The second kappa shape index (κ2) is 43.4. The summed E-state index contributed by atoms with van der Waals surface area (Å²) in [6.45, 7) is 2.48. The van der Waals surface area contributed by atoms with Crippen LogP contribution < -0.4 is 5.32 Å². The van der Waals surface area contributed by atoms with Gasteiger partial charge in [0.05, 0.1) is 13.2 Å². The van der Waals surface area contributed by atoms with Gasteiger partial charge < -0.3 is 25.2 Å². The summed E-state index contributed by atoms with van der Waals surface area (Å²) in [5.41, 5.74) is 0. The first kappa shape index (κ1) is 57.7. The maximum absolute atomic E-state index is 12.3. The summed E-state index contributed by atoms with van der Waals surface area (Å²) in [4.78, 5) is 45.9. The van der Waals surface area contributed by atoms with Crippen LogP contribution in [0, 0.1) is 0 Å². The van der Waals surface area contributed by atoms with Gasteiger partial charge in [-0.25, -0.2) is 9.36 Å². The number of carboxylic acids is 1. The van der Waals surface area contributed by atoms with Gasteiger partial charge in [0, 0.05) is 12.8 Å². The third-order valence-corrected chi connectivity index (χ3v) is 11.4. The van der Waals surface area contributed by atoms with Crippen LogP contribution in [0.2, 0.25) is 0 Å². The number of ether oxygens (including phenoxy) is 1. The van der Waals surface area contributed by atoms with Gasteiger partial charge in [-0.15, -0.1) is 0 Å². The van der Waals surface area contributed by atoms with Crippen LogP contribution in [0.5, 0.6) is 0 Å². The topological polar surface area (TPSA) is 169 Å². The van der Waals surface area contributed by atoms with Gasteiger partial charge in [-0.05, 0) is 44.9 Å². The number of carbonyl (C=O) groups excluding carboxylic acids is 2. The van der Waals surface area contributed by atoms with Crippen LogP contribution in [0.1, 0.15) is 219 Å². The number of carbonyl (C=O) groups is 3. The lowest BCUT2D eigenvalue weighted by atomic mass is 10.0. The molecule has 1 amide bonds. The van der Waals surface area contributed by atoms with Crippen LogP contribution in [-0.4, -0.2) is 64.9 Å². The third-order valence-electron chi connectivity index (χ3n) is 10.4. The molecule has 12 heteroatoms. The van der Waals surface area contributed by atoms with Crippen molar-refractivity contribution in [2.75, 3.05) is 19.8 Å². The third kappa shape index (κ3) is 42.4. The molecule has 0 aliphatic rings. The molecule has 0 radical (unpaired) electrons. The van der Waals surface area contributed by atoms with Crippen molar-refractivity contribution in [3.05, 3.63) is 36.5 Å². The molecular formula is C48H88NO10P. The van der Waals surface area contributed by atoms with E-state index < -0.39 is 57.6 Å². The van der Waals surface area contributed by atoms with Crippen molar-refractivity contribution in [1.82, 2.24) is 5.32 Å². The van der Waals surface area contributed by atoms with Crippen LogP contribution in [0.25, 0.3) is 0 Å². The van der Waals surface area contributed by atoms with Gasteiger partial charge in [0.2, 0.25) is 5.91 Å². The number of nitrogens with one attached hydrogen (secondary N) is 1. The molecule has 0 saturated heterocycles. The number of unbranched alkanes of at least 4 members (excludes halogenated alkanes) is 25. The number of hydrogen-bond donors (Lipinski definition) is 4. The standard InChI is InChI=1S/C48H88NO10P/c1-3-5-7-9-11-13-15-17-18-19-20-21-22-23-24-25-26-28-30-32-34-36-38-40-47(52)57-41-44(50)42-58-60(55,56)59-43-45(48(53)54)49-46(51)39-37-35-33-31-29-27-16-14-12-10-8-6-4-2/h6,8,12,14,27,29,44-45,50H,3-5,7,9-11,13,15-26,28,30-43H2,1-2H3,(H,49,51)(H,53,54)(H,55,56)/b8-6-,14-12-,29-27-. The van der Waals surface area contributed by atoms with Crippen molar-refractivity contribution in [3.63, 3.8) is 0 Å². The van der Waals surface area contributed by atoms with E-state index in [0.29, 0.717) is 12.8 Å². The molecule has 0 fully saturated rings. The minimum Gasteiger partial charge on any atom is -0.480 e. The summed E-state index contributed by atoms with van der Waals surface area (Å²) >= 11 is 0. The van der Waals surface area contributed by atoms with Gasteiger partial charge in [-0.3, -0.25) is 18.6 Å².